The fourth-order valence-electron chi connectivity index (χ4n) is 6.94. The number of nitrogens with two attached hydrogens (primary N) is 1. The van der Waals surface area contributed by atoms with E-state index in [4.69, 9.17) is 10.5 Å². The van der Waals surface area contributed by atoms with E-state index in [1.807, 2.05) is 38.3 Å². The molecule has 3 aliphatic rings. The Kier molecular flexibility index (Phi) is 8.41. The highest BCUT2D eigenvalue weighted by Gasteiger charge is 2.33. The van der Waals surface area contributed by atoms with E-state index >= 15 is 0 Å². The van der Waals surface area contributed by atoms with E-state index in [-0.39, 0.29) is 29.6 Å². The SMILES string of the molecule is CC(c1ccnc(N)c1)N1CCC(C(=O)N2CCC(n3c(=O)n(CCN4CCOCC4)c4ccccc43)CC2)CC1. The van der Waals surface area contributed by atoms with Crippen molar-refractivity contribution < 1.29 is 9.53 Å². The number of morpholine rings is 1. The molecule has 41 heavy (non-hydrogen) atoms. The van der Waals surface area contributed by atoms with E-state index in [1.54, 1.807) is 6.20 Å². The summed E-state index contributed by atoms with van der Waals surface area (Å²) in [7, 11) is 0. The van der Waals surface area contributed by atoms with Crippen LogP contribution in [0.1, 0.15) is 50.3 Å². The zero-order valence-electron chi connectivity index (χ0n) is 24.2. The Morgan fingerprint density at radius 2 is 1.68 bits per heavy atom. The summed E-state index contributed by atoms with van der Waals surface area (Å²) in [5.74, 6) is 0.897. The fraction of sp³-hybridized carbons (Fsp3) is 0.581. The van der Waals surface area contributed by atoms with Gasteiger partial charge in [0.2, 0.25) is 5.91 Å². The number of piperidine rings is 2. The Bertz CT molecular complexity index is 1400. The minimum Gasteiger partial charge on any atom is -0.384 e. The lowest BCUT2D eigenvalue weighted by Crippen LogP contribution is -2.46. The second-order valence-corrected chi connectivity index (χ2v) is 11.8. The lowest BCUT2D eigenvalue weighted by Gasteiger charge is -2.39. The molecule has 10 heteroatoms. The number of ether oxygens (including phenoxy) is 1. The number of likely N-dealkylation sites (tertiary alicyclic amines) is 2. The molecule has 2 aromatic heterocycles. The molecule has 2 N–H and O–H groups in total. The highest BCUT2D eigenvalue weighted by molar-refractivity contribution is 5.79. The molecule has 1 unspecified atom stereocenters. The molecule has 6 rings (SSSR count). The van der Waals surface area contributed by atoms with Crippen molar-refractivity contribution in [3.63, 3.8) is 0 Å². The molecule has 10 nitrogen and oxygen atoms in total. The van der Waals surface area contributed by atoms with E-state index in [9.17, 15) is 9.59 Å². The van der Waals surface area contributed by atoms with E-state index in [0.29, 0.717) is 25.5 Å². The van der Waals surface area contributed by atoms with Crippen LogP contribution >= 0.6 is 0 Å². The molecule has 0 radical (unpaired) electrons. The van der Waals surface area contributed by atoms with E-state index in [2.05, 4.69) is 33.8 Å². The zero-order chi connectivity index (χ0) is 28.3. The number of anilines is 1. The molecule has 0 aliphatic carbocycles. The van der Waals surface area contributed by atoms with Crippen molar-refractivity contribution in [1.82, 2.24) is 28.8 Å². The van der Waals surface area contributed by atoms with E-state index in [1.165, 1.54) is 5.56 Å². The number of fused-ring (bicyclic) bond motifs is 1. The first-order valence-electron chi connectivity index (χ1n) is 15.2. The summed E-state index contributed by atoms with van der Waals surface area (Å²) >= 11 is 0. The summed E-state index contributed by atoms with van der Waals surface area (Å²) in [6.45, 7) is 10.3. The number of imidazole rings is 1. The molecular weight excluding hydrogens is 518 g/mol. The third-order valence-electron chi connectivity index (χ3n) is 9.47. The largest absolute Gasteiger partial charge is 0.384 e. The van der Waals surface area contributed by atoms with Gasteiger partial charge in [0.25, 0.3) is 0 Å². The first kappa shape index (κ1) is 27.9. The topological polar surface area (TPSA) is 102 Å². The number of hydrogen-bond donors (Lipinski definition) is 1. The lowest BCUT2D eigenvalue weighted by molar-refractivity contribution is -0.138. The Morgan fingerprint density at radius 1 is 0.976 bits per heavy atom. The van der Waals surface area contributed by atoms with Gasteiger partial charge in [-0.25, -0.2) is 9.78 Å². The second-order valence-electron chi connectivity index (χ2n) is 11.8. The summed E-state index contributed by atoms with van der Waals surface area (Å²) in [5.41, 5.74) is 9.13. The normalized spacial score (nSPS) is 21.0. The highest BCUT2D eigenvalue weighted by Crippen LogP contribution is 2.31. The van der Waals surface area contributed by atoms with Crippen molar-refractivity contribution in [3.05, 3.63) is 58.6 Å². The molecule has 0 saturated carbocycles. The van der Waals surface area contributed by atoms with Crippen molar-refractivity contribution in [2.75, 3.05) is 64.8 Å². The molecule has 1 atom stereocenters. The summed E-state index contributed by atoms with van der Waals surface area (Å²) < 4.78 is 9.42. The summed E-state index contributed by atoms with van der Waals surface area (Å²) in [6.07, 6.45) is 5.13. The van der Waals surface area contributed by atoms with Crippen molar-refractivity contribution in [2.24, 2.45) is 5.92 Å². The molecule has 1 aromatic carbocycles. The quantitative estimate of drug-likeness (QED) is 0.473. The third kappa shape index (κ3) is 5.91. The maximum atomic E-state index is 13.7. The first-order chi connectivity index (χ1) is 20.0. The molecule has 3 aromatic rings. The molecular formula is C31H43N7O3. The molecule has 1 amide bonds. The van der Waals surface area contributed by atoms with Crippen molar-refractivity contribution in [1.29, 1.82) is 0 Å². The van der Waals surface area contributed by atoms with Crippen LogP contribution in [0.3, 0.4) is 0 Å². The average molecular weight is 562 g/mol. The smallest absolute Gasteiger partial charge is 0.329 e. The number of para-hydroxylation sites is 2. The number of benzene rings is 1. The summed E-state index contributed by atoms with van der Waals surface area (Å²) in [4.78, 5) is 38.2. The fourth-order valence-corrected chi connectivity index (χ4v) is 6.94. The Morgan fingerprint density at radius 3 is 2.39 bits per heavy atom. The Hall–Kier alpha value is -3.21. The van der Waals surface area contributed by atoms with Crippen molar-refractivity contribution in [2.45, 2.75) is 51.2 Å². The van der Waals surface area contributed by atoms with Gasteiger partial charge in [0, 0.05) is 63.5 Å². The van der Waals surface area contributed by atoms with Gasteiger partial charge in [0.05, 0.1) is 24.2 Å². The average Bonchev–Trinajstić information content (AvgIpc) is 3.30. The van der Waals surface area contributed by atoms with Crippen LogP contribution in [0, 0.1) is 5.92 Å². The van der Waals surface area contributed by atoms with Crippen molar-refractivity contribution >= 4 is 22.8 Å². The lowest BCUT2D eigenvalue weighted by atomic mass is 9.92. The number of hydrogen-bond acceptors (Lipinski definition) is 7. The van der Waals surface area contributed by atoms with Crippen LogP contribution in [0.2, 0.25) is 0 Å². The van der Waals surface area contributed by atoms with Gasteiger partial charge >= 0.3 is 5.69 Å². The molecule has 3 aliphatic heterocycles. The maximum absolute atomic E-state index is 13.7. The molecule has 5 heterocycles. The van der Waals surface area contributed by atoms with Gasteiger partial charge in [0.1, 0.15) is 5.82 Å². The van der Waals surface area contributed by atoms with Gasteiger partial charge in [-0.3, -0.25) is 23.7 Å². The number of pyridine rings is 1. The number of carbonyl (C=O) groups excluding carboxylic acids is 1. The van der Waals surface area contributed by atoms with Crippen LogP contribution in [-0.2, 0) is 16.1 Å². The number of aromatic nitrogens is 3. The summed E-state index contributed by atoms with van der Waals surface area (Å²) in [6, 6.07) is 12.5. The second kappa shape index (κ2) is 12.3. The minimum atomic E-state index is 0.0710. The van der Waals surface area contributed by atoms with Gasteiger partial charge in [-0.15, -0.1) is 0 Å². The minimum absolute atomic E-state index is 0.0710. The first-order valence-corrected chi connectivity index (χ1v) is 15.2. The monoisotopic (exact) mass is 561 g/mol. The van der Waals surface area contributed by atoms with Gasteiger partial charge < -0.3 is 15.4 Å². The standard InChI is InChI=1S/C31H43N7O3/c1-23(25-6-11-33-29(32)22-25)35-12-7-24(8-13-35)30(39)36-14-9-26(10-15-36)38-28-5-3-2-4-27(28)37(31(38)40)17-16-34-18-20-41-21-19-34/h2-6,11,22-24,26H,7-10,12-21H2,1H3,(H2,32,33). The van der Waals surface area contributed by atoms with E-state index < -0.39 is 0 Å². The van der Waals surface area contributed by atoms with Crippen LogP contribution in [0.15, 0.2) is 47.4 Å². The Labute approximate surface area is 241 Å². The zero-order valence-corrected chi connectivity index (χ0v) is 24.2. The van der Waals surface area contributed by atoms with Gasteiger partial charge in [0.15, 0.2) is 0 Å². The van der Waals surface area contributed by atoms with Crippen molar-refractivity contribution in [3.8, 4) is 0 Å². The molecule has 0 bridgehead atoms. The number of nitrogen functional groups attached to an aromatic ring is 1. The maximum Gasteiger partial charge on any atom is 0.329 e. The van der Waals surface area contributed by atoms with Gasteiger partial charge in [-0.05, 0) is 75.5 Å². The highest BCUT2D eigenvalue weighted by atomic mass is 16.5. The van der Waals surface area contributed by atoms with Gasteiger partial charge in [-0.2, -0.15) is 0 Å². The molecule has 220 valence electrons. The predicted molar refractivity (Wildman–Crippen MR) is 160 cm³/mol. The predicted octanol–water partition coefficient (Wildman–Crippen LogP) is 2.75. The van der Waals surface area contributed by atoms with Crippen LogP contribution in [0.4, 0.5) is 5.82 Å². The Balaban J connectivity index is 1.06. The van der Waals surface area contributed by atoms with Crippen LogP contribution in [0.25, 0.3) is 11.0 Å². The van der Waals surface area contributed by atoms with Crippen LogP contribution in [0.5, 0.6) is 0 Å². The van der Waals surface area contributed by atoms with Crippen LogP contribution in [-0.4, -0.2) is 93.8 Å². The summed E-state index contributed by atoms with van der Waals surface area (Å²) in [5, 5.41) is 0. The number of nitrogens with zero attached hydrogens (tertiary/aromatic N) is 6. The van der Waals surface area contributed by atoms with Gasteiger partial charge in [-0.1, -0.05) is 12.1 Å². The van der Waals surface area contributed by atoms with E-state index in [0.717, 1.165) is 82.7 Å². The number of carbonyl (C=O) groups is 1. The molecule has 0 spiro atoms. The molecule has 3 fully saturated rings. The third-order valence-corrected chi connectivity index (χ3v) is 9.47. The number of rotatable bonds is 7. The molecule has 3 saturated heterocycles. The van der Waals surface area contributed by atoms with Crippen LogP contribution < -0.4 is 11.4 Å². The number of amides is 1.